The van der Waals surface area contributed by atoms with E-state index in [-0.39, 0.29) is 5.82 Å². The van der Waals surface area contributed by atoms with E-state index >= 15 is 0 Å². The van der Waals surface area contributed by atoms with Gasteiger partial charge in [0.1, 0.15) is 5.82 Å². The lowest BCUT2D eigenvalue weighted by atomic mass is 10.1. The molecule has 2 nitrogen and oxygen atoms in total. The maximum absolute atomic E-state index is 13.2. The number of benzene rings is 1. The number of hydrogen-bond acceptors (Lipinski definition) is 2. The highest BCUT2D eigenvalue weighted by atomic mass is 19.1. The van der Waals surface area contributed by atoms with Crippen LogP contribution in [0.1, 0.15) is 44.7 Å². The Morgan fingerprint density at radius 1 is 1.25 bits per heavy atom. The molecule has 0 radical (unpaired) electrons. The molecule has 0 spiro atoms. The molecule has 3 heteroatoms. The second-order valence-electron chi connectivity index (χ2n) is 5.52. The zero-order valence-corrected chi connectivity index (χ0v) is 13.4. The second kappa shape index (κ2) is 9.09. The maximum atomic E-state index is 13.2. The highest BCUT2D eigenvalue weighted by molar-refractivity contribution is 5.26. The Bertz CT molecular complexity index is 389. The molecular weight excluding hydrogens is 251 g/mol. The number of hydrogen-bond donors (Lipinski definition) is 1. The van der Waals surface area contributed by atoms with Gasteiger partial charge in [-0.2, -0.15) is 0 Å². The van der Waals surface area contributed by atoms with Crippen molar-refractivity contribution < 1.29 is 4.39 Å². The van der Waals surface area contributed by atoms with Crippen LogP contribution in [0.15, 0.2) is 18.2 Å². The molecular formula is C17H29FN2. The predicted octanol–water partition coefficient (Wildman–Crippen LogP) is 3.73. The minimum Gasteiger partial charge on any atom is -0.310 e. The first-order valence-corrected chi connectivity index (χ1v) is 7.77. The molecule has 0 saturated heterocycles. The number of rotatable bonds is 9. The molecule has 0 bridgehead atoms. The Morgan fingerprint density at radius 2 is 1.95 bits per heavy atom. The van der Waals surface area contributed by atoms with Gasteiger partial charge in [-0.25, -0.2) is 4.39 Å². The van der Waals surface area contributed by atoms with E-state index < -0.39 is 0 Å². The Labute approximate surface area is 123 Å². The van der Waals surface area contributed by atoms with Crippen molar-refractivity contribution in [2.45, 2.75) is 53.1 Å². The summed E-state index contributed by atoms with van der Waals surface area (Å²) in [7, 11) is 0. The number of aryl methyl sites for hydroxylation is 1. The van der Waals surface area contributed by atoms with E-state index in [1.807, 2.05) is 13.0 Å². The third-order valence-electron chi connectivity index (χ3n) is 3.96. The minimum atomic E-state index is -0.151. The highest BCUT2D eigenvalue weighted by Crippen LogP contribution is 2.10. The molecule has 20 heavy (non-hydrogen) atoms. The van der Waals surface area contributed by atoms with Crippen LogP contribution in [0.25, 0.3) is 0 Å². The van der Waals surface area contributed by atoms with E-state index in [4.69, 9.17) is 0 Å². The monoisotopic (exact) mass is 280 g/mol. The topological polar surface area (TPSA) is 15.3 Å². The Hall–Kier alpha value is -0.930. The van der Waals surface area contributed by atoms with Crippen molar-refractivity contribution in [3.8, 4) is 0 Å². The van der Waals surface area contributed by atoms with Crippen LogP contribution in [0.4, 0.5) is 4.39 Å². The summed E-state index contributed by atoms with van der Waals surface area (Å²) in [6, 6.07) is 5.46. The quantitative estimate of drug-likeness (QED) is 0.741. The molecule has 114 valence electrons. The zero-order valence-electron chi connectivity index (χ0n) is 13.4. The molecule has 1 unspecified atom stereocenters. The first-order chi connectivity index (χ1) is 9.56. The molecule has 0 heterocycles. The van der Waals surface area contributed by atoms with Crippen LogP contribution in [0.2, 0.25) is 0 Å². The van der Waals surface area contributed by atoms with Gasteiger partial charge in [-0.05, 0) is 69.6 Å². The third kappa shape index (κ3) is 6.02. The van der Waals surface area contributed by atoms with Crippen molar-refractivity contribution in [3.05, 3.63) is 35.1 Å². The zero-order chi connectivity index (χ0) is 15.0. The Kier molecular flexibility index (Phi) is 7.78. The van der Waals surface area contributed by atoms with Crippen molar-refractivity contribution in [1.82, 2.24) is 10.2 Å². The van der Waals surface area contributed by atoms with Gasteiger partial charge in [0.25, 0.3) is 0 Å². The lowest BCUT2D eigenvalue weighted by molar-refractivity contribution is 0.290. The molecule has 1 aromatic carbocycles. The maximum Gasteiger partial charge on any atom is 0.123 e. The lowest BCUT2D eigenvalue weighted by Crippen LogP contribution is -2.29. The van der Waals surface area contributed by atoms with E-state index in [1.54, 1.807) is 6.07 Å². The Morgan fingerprint density at radius 3 is 2.60 bits per heavy atom. The van der Waals surface area contributed by atoms with Gasteiger partial charge in [0, 0.05) is 12.6 Å². The average molecular weight is 280 g/mol. The van der Waals surface area contributed by atoms with Crippen LogP contribution >= 0.6 is 0 Å². The summed E-state index contributed by atoms with van der Waals surface area (Å²) in [6.45, 7) is 12.8. The van der Waals surface area contributed by atoms with Gasteiger partial charge < -0.3 is 10.2 Å². The van der Waals surface area contributed by atoms with Crippen LogP contribution < -0.4 is 5.32 Å². The molecule has 0 saturated carbocycles. The van der Waals surface area contributed by atoms with Crippen LogP contribution in [0.3, 0.4) is 0 Å². The predicted molar refractivity (Wildman–Crippen MR) is 84.5 cm³/mol. The summed E-state index contributed by atoms with van der Waals surface area (Å²) < 4.78 is 13.2. The number of halogens is 1. The van der Waals surface area contributed by atoms with Crippen molar-refractivity contribution >= 4 is 0 Å². The number of nitrogens with one attached hydrogen (secondary N) is 1. The molecule has 1 aromatic rings. The van der Waals surface area contributed by atoms with Gasteiger partial charge in [0.2, 0.25) is 0 Å². The molecule has 0 aromatic heterocycles. The molecule has 1 rings (SSSR count). The van der Waals surface area contributed by atoms with Crippen LogP contribution in [0, 0.1) is 12.7 Å². The van der Waals surface area contributed by atoms with Gasteiger partial charge in [0.15, 0.2) is 0 Å². The van der Waals surface area contributed by atoms with Gasteiger partial charge in [-0.1, -0.05) is 19.9 Å². The fourth-order valence-corrected chi connectivity index (χ4v) is 2.38. The molecule has 0 aliphatic heterocycles. The lowest BCUT2D eigenvalue weighted by Gasteiger charge is -2.20. The third-order valence-corrected chi connectivity index (χ3v) is 3.96. The van der Waals surface area contributed by atoms with Gasteiger partial charge in [0.05, 0.1) is 0 Å². The largest absolute Gasteiger partial charge is 0.310 e. The van der Waals surface area contributed by atoms with Crippen LogP contribution in [-0.2, 0) is 6.54 Å². The summed E-state index contributed by atoms with van der Waals surface area (Å²) in [4.78, 5) is 2.45. The SMILES string of the molecule is CCN(CC)CCCC(C)NCc1cc(F)ccc1C. The number of nitrogens with zero attached hydrogens (tertiary/aromatic N) is 1. The molecule has 0 fully saturated rings. The van der Waals surface area contributed by atoms with E-state index in [9.17, 15) is 4.39 Å². The van der Waals surface area contributed by atoms with Crippen molar-refractivity contribution in [3.63, 3.8) is 0 Å². The first-order valence-electron chi connectivity index (χ1n) is 7.77. The van der Waals surface area contributed by atoms with Crippen molar-refractivity contribution in [1.29, 1.82) is 0 Å². The molecule has 1 atom stereocenters. The standard InChI is InChI=1S/C17H29FN2/c1-5-20(6-2)11-7-8-15(4)19-13-16-12-17(18)10-9-14(16)3/h9-10,12,15,19H,5-8,11,13H2,1-4H3. The van der Waals surface area contributed by atoms with Crippen molar-refractivity contribution in [2.24, 2.45) is 0 Å². The van der Waals surface area contributed by atoms with E-state index in [2.05, 4.69) is 31.0 Å². The summed E-state index contributed by atoms with van der Waals surface area (Å²) in [6.07, 6.45) is 2.36. The second-order valence-corrected chi connectivity index (χ2v) is 5.52. The summed E-state index contributed by atoms with van der Waals surface area (Å²) >= 11 is 0. The summed E-state index contributed by atoms with van der Waals surface area (Å²) in [5.41, 5.74) is 2.20. The van der Waals surface area contributed by atoms with Gasteiger partial charge >= 0.3 is 0 Å². The molecule has 0 amide bonds. The molecule has 1 N–H and O–H groups in total. The van der Waals surface area contributed by atoms with E-state index in [0.29, 0.717) is 6.04 Å². The van der Waals surface area contributed by atoms with Gasteiger partial charge in [-0.3, -0.25) is 0 Å². The van der Waals surface area contributed by atoms with E-state index in [0.717, 1.165) is 43.7 Å². The molecule has 0 aliphatic rings. The van der Waals surface area contributed by atoms with Gasteiger partial charge in [-0.15, -0.1) is 0 Å². The first kappa shape index (κ1) is 17.1. The smallest absolute Gasteiger partial charge is 0.123 e. The fraction of sp³-hybridized carbons (Fsp3) is 0.647. The summed E-state index contributed by atoms with van der Waals surface area (Å²) in [5, 5.41) is 3.49. The normalized spacial score (nSPS) is 12.9. The summed E-state index contributed by atoms with van der Waals surface area (Å²) in [5.74, 6) is -0.151. The minimum absolute atomic E-state index is 0.151. The fourth-order valence-electron chi connectivity index (χ4n) is 2.38. The van der Waals surface area contributed by atoms with Crippen molar-refractivity contribution in [2.75, 3.05) is 19.6 Å². The van der Waals surface area contributed by atoms with E-state index in [1.165, 1.54) is 12.5 Å². The highest BCUT2D eigenvalue weighted by Gasteiger charge is 2.06. The Balaban J connectivity index is 2.29. The molecule has 0 aliphatic carbocycles. The van der Waals surface area contributed by atoms with Crippen LogP contribution in [0.5, 0.6) is 0 Å². The van der Waals surface area contributed by atoms with Crippen LogP contribution in [-0.4, -0.2) is 30.6 Å². The average Bonchev–Trinajstić information content (AvgIpc) is 2.44.